The highest BCUT2D eigenvalue weighted by atomic mass is 16.3. The van der Waals surface area contributed by atoms with Gasteiger partial charge in [-0.05, 0) is 19.8 Å². The predicted octanol–water partition coefficient (Wildman–Crippen LogP) is 4.21. The van der Waals surface area contributed by atoms with Gasteiger partial charge in [-0.2, -0.15) is 0 Å². The average Bonchev–Trinajstić information content (AvgIpc) is 2.36. The molecule has 0 spiro atoms. The van der Waals surface area contributed by atoms with Gasteiger partial charge in [0.2, 0.25) is 0 Å². The maximum atomic E-state index is 9.73. The van der Waals surface area contributed by atoms with E-state index in [1.165, 1.54) is 51.4 Å². The fourth-order valence-corrected chi connectivity index (χ4v) is 2.11. The lowest BCUT2D eigenvalue weighted by atomic mass is 9.97. The molecule has 2 heteroatoms. The molecule has 0 aromatic carbocycles. The fourth-order valence-electron chi connectivity index (χ4n) is 2.11. The molecule has 0 aliphatic rings. The molecule has 0 aliphatic carbocycles. The summed E-state index contributed by atoms with van der Waals surface area (Å²) in [5, 5.41) is 18.4. The van der Waals surface area contributed by atoms with Crippen molar-refractivity contribution in [2.24, 2.45) is 0 Å². The van der Waals surface area contributed by atoms with Gasteiger partial charge in [0, 0.05) is 6.61 Å². The molecule has 1 unspecified atom stereocenters. The Morgan fingerprint density at radius 2 is 1.22 bits per heavy atom. The molecule has 0 amide bonds. The van der Waals surface area contributed by atoms with Crippen molar-refractivity contribution in [2.45, 2.75) is 83.2 Å². The normalized spacial score (nSPS) is 14.4. The number of aliphatic hydroxyl groups excluding tert-OH is 1. The van der Waals surface area contributed by atoms with Crippen LogP contribution in [0.5, 0.6) is 0 Å². The summed E-state index contributed by atoms with van der Waals surface area (Å²) in [5.41, 5.74) is -0.674. The first-order valence-corrected chi connectivity index (χ1v) is 7.59. The third-order valence-electron chi connectivity index (χ3n) is 3.53. The third-order valence-corrected chi connectivity index (χ3v) is 3.53. The number of hydrogen-bond acceptors (Lipinski definition) is 2. The van der Waals surface area contributed by atoms with Crippen molar-refractivity contribution in [1.82, 2.24) is 0 Å². The molecular formula is C16H32O2. The minimum Gasteiger partial charge on any atom is -0.396 e. The van der Waals surface area contributed by atoms with Crippen molar-refractivity contribution in [2.75, 3.05) is 6.61 Å². The maximum Gasteiger partial charge on any atom is 0.0797 e. The molecule has 0 radical (unpaired) electrons. The molecule has 0 aromatic rings. The van der Waals surface area contributed by atoms with E-state index < -0.39 is 5.60 Å². The molecule has 0 rings (SSSR count). The lowest BCUT2D eigenvalue weighted by Crippen LogP contribution is -2.19. The Kier molecular flexibility index (Phi) is 11.5. The Labute approximate surface area is 113 Å². The van der Waals surface area contributed by atoms with Gasteiger partial charge in [-0.25, -0.2) is 0 Å². The van der Waals surface area contributed by atoms with Crippen molar-refractivity contribution in [3.8, 4) is 0 Å². The van der Waals surface area contributed by atoms with Crippen LogP contribution in [0.25, 0.3) is 0 Å². The van der Waals surface area contributed by atoms with E-state index in [9.17, 15) is 5.11 Å². The second kappa shape index (κ2) is 11.7. The molecule has 0 heterocycles. The summed E-state index contributed by atoms with van der Waals surface area (Å²) in [6.45, 7) is 5.80. The van der Waals surface area contributed by atoms with Crippen LogP contribution in [0.3, 0.4) is 0 Å². The van der Waals surface area contributed by atoms with Crippen LogP contribution in [0.2, 0.25) is 0 Å². The summed E-state index contributed by atoms with van der Waals surface area (Å²) >= 11 is 0. The largest absolute Gasteiger partial charge is 0.396 e. The van der Waals surface area contributed by atoms with Crippen molar-refractivity contribution < 1.29 is 10.2 Å². The number of hydrogen-bond donors (Lipinski definition) is 2. The summed E-state index contributed by atoms with van der Waals surface area (Å²) in [6.07, 6.45) is 14.7. The van der Waals surface area contributed by atoms with Crippen LogP contribution in [-0.4, -0.2) is 22.4 Å². The molecule has 2 nitrogen and oxygen atoms in total. The van der Waals surface area contributed by atoms with Crippen LogP contribution >= 0.6 is 0 Å². The van der Waals surface area contributed by atoms with Gasteiger partial charge in [-0.15, -0.1) is 6.58 Å². The van der Waals surface area contributed by atoms with Crippen LogP contribution in [0.4, 0.5) is 0 Å². The Balaban J connectivity index is 3.10. The van der Waals surface area contributed by atoms with Crippen LogP contribution in [0.15, 0.2) is 12.7 Å². The van der Waals surface area contributed by atoms with Crippen molar-refractivity contribution in [1.29, 1.82) is 0 Å². The lowest BCUT2D eigenvalue weighted by Gasteiger charge is -2.17. The van der Waals surface area contributed by atoms with E-state index in [0.717, 1.165) is 19.3 Å². The first kappa shape index (κ1) is 17.7. The van der Waals surface area contributed by atoms with Crippen molar-refractivity contribution >= 4 is 0 Å². The van der Waals surface area contributed by atoms with E-state index >= 15 is 0 Å². The summed E-state index contributed by atoms with van der Waals surface area (Å²) in [7, 11) is 0. The molecule has 2 N–H and O–H groups in total. The number of unbranched alkanes of at least 4 members (excludes halogenated alkanes) is 9. The van der Waals surface area contributed by atoms with Crippen LogP contribution in [-0.2, 0) is 0 Å². The fraction of sp³-hybridized carbons (Fsp3) is 0.875. The minimum absolute atomic E-state index is 0.342. The van der Waals surface area contributed by atoms with Crippen molar-refractivity contribution in [3.05, 3.63) is 12.7 Å². The second-order valence-electron chi connectivity index (χ2n) is 5.57. The summed E-state index contributed by atoms with van der Waals surface area (Å²) in [4.78, 5) is 0. The highest BCUT2D eigenvalue weighted by Crippen LogP contribution is 2.17. The van der Waals surface area contributed by atoms with Gasteiger partial charge in [0.25, 0.3) is 0 Å². The van der Waals surface area contributed by atoms with Gasteiger partial charge in [0.15, 0.2) is 0 Å². The molecule has 0 saturated heterocycles. The van der Waals surface area contributed by atoms with Crippen LogP contribution in [0.1, 0.15) is 77.6 Å². The van der Waals surface area contributed by atoms with Gasteiger partial charge in [0.1, 0.15) is 0 Å². The van der Waals surface area contributed by atoms with Crippen LogP contribution < -0.4 is 0 Å². The molecule has 18 heavy (non-hydrogen) atoms. The lowest BCUT2D eigenvalue weighted by molar-refractivity contribution is 0.0988. The van der Waals surface area contributed by atoms with Crippen LogP contribution in [0, 0.1) is 0 Å². The predicted molar refractivity (Wildman–Crippen MR) is 78.7 cm³/mol. The Hall–Kier alpha value is -0.340. The first-order valence-electron chi connectivity index (χ1n) is 7.59. The average molecular weight is 256 g/mol. The zero-order valence-corrected chi connectivity index (χ0v) is 12.2. The Bertz CT molecular complexity index is 188. The van der Waals surface area contributed by atoms with Gasteiger partial charge in [-0.3, -0.25) is 0 Å². The smallest absolute Gasteiger partial charge is 0.0797 e. The van der Waals surface area contributed by atoms with E-state index in [0.29, 0.717) is 6.61 Å². The second-order valence-corrected chi connectivity index (χ2v) is 5.57. The van der Waals surface area contributed by atoms with E-state index in [1.54, 1.807) is 6.08 Å². The molecule has 108 valence electrons. The van der Waals surface area contributed by atoms with E-state index in [1.807, 2.05) is 6.92 Å². The molecular weight excluding hydrogens is 224 g/mol. The van der Waals surface area contributed by atoms with Gasteiger partial charge in [0.05, 0.1) is 5.60 Å². The molecule has 0 aliphatic heterocycles. The Morgan fingerprint density at radius 3 is 1.61 bits per heavy atom. The molecule has 0 bridgehead atoms. The third kappa shape index (κ3) is 12.1. The quantitative estimate of drug-likeness (QED) is 0.383. The highest BCUT2D eigenvalue weighted by Gasteiger charge is 2.13. The molecule has 1 atom stereocenters. The zero-order chi connectivity index (χ0) is 13.7. The van der Waals surface area contributed by atoms with Gasteiger partial charge in [-0.1, -0.05) is 63.9 Å². The van der Waals surface area contributed by atoms with Gasteiger partial charge >= 0.3 is 0 Å². The summed E-state index contributed by atoms with van der Waals surface area (Å²) in [5.74, 6) is 0. The number of rotatable bonds is 13. The molecule has 0 saturated carbocycles. The Morgan fingerprint density at radius 1 is 0.833 bits per heavy atom. The maximum absolute atomic E-state index is 9.73. The topological polar surface area (TPSA) is 40.5 Å². The number of aliphatic hydroxyl groups is 2. The standard InChI is InChI=1S/C16H32O2/c1-3-16(2,18)14-12-10-8-6-4-5-7-9-11-13-15-17/h3,17-18H,1,4-15H2,2H3. The van der Waals surface area contributed by atoms with E-state index in [4.69, 9.17) is 5.11 Å². The first-order chi connectivity index (χ1) is 8.62. The van der Waals surface area contributed by atoms with Crippen molar-refractivity contribution in [3.63, 3.8) is 0 Å². The monoisotopic (exact) mass is 256 g/mol. The minimum atomic E-state index is -0.674. The molecule has 0 fully saturated rings. The SMILES string of the molecule is C=CC(C)(O)CCCCCCCCCCCCO. The summed E-state index contributed by atoms with van der Waals surface area (Å²) in [6, 6.07) is 0. The van der Waals surface area contributed by atoms with E-state index in [-0.39, 0.29) is 0 Å². The van der Waals surface area contributed by atoms with E-state index in [2.05, 4.69) is 6.58 Å². The zero-order valence-electron chi connectivity index (χ0n) is 12.2. The highest BCUT2D eigenvalue weighted by molar-refractivity contribution is 4.91. The molecule has 0 aromatic heterocycles. The van der Waals surface area contributed by atoms with Gasteiger partial charge < -0.3 is 10.2 Å². The summed E-state index contributed by atoms with van der Waals surface area (Å²) < 4.78 is 0.